The maximum atomic E-state index is 13.1. The second-order valence-electron chi connectivity index (χ2n) is 7.11. The van der Waals surface area contributed by atoms with E-state index in [1.807, 2.05) is 73.0 Å². The van der Waals surface area contributed by atoms with Crippen molar-refractivity contribution >= 4 is 39.6 Å². The highest BCUT2D eigenvalue weighted by Gasteiger charge is 2.16. The molecule has 4 rings (SSSR count). The van der Waals surface area contributed by atoms with Crippen LogP contribution in [0.25, 0.3) is 10.8 Å². The Morgan fingerprint density at radius 3 is 2.42 bits per heavy atom. The highest BCUT2D eigenvalue weighted by atomic mass is 32.1. The van der Waals surface area contributed by atoms with Crippen molar-refractivity contribution in [2.75, 3.05) is 11.9 Å². The second kappa shape index (κ2) is 9.45. The Bertz CT molecular complexity index is 1220. The molecule has 0 unspecified atom stereocenters. The van der Waals surface area contributed by atoms with Gasteiger partial charge in [0, 0.05) is 10.6 Å². The van der Waals surface area contributed by atoms with Crippen LogP contribution >= 0.6 is 11.3 Å². The van der Waals surface area contributed by atoms with Crippen molar-refractivity contribution in [3.63, 3.8) is 0 Å². The molecule has 2 N–H and O–H groups in total. The van der Waals surface area contributed by atoms with Gasteiger partial charge in [0.2, 0.25) is 0 Å². The van der Waals surface area contributed by atoms with Gasteiger partial charge in [-0.3, -0.25) is 9.59 Å². The maximum Gasteiger partial charge on any atom is 0.259 e. The number of thiophene rings is 1. The third-order valence-corrected chi connectivity index (χ3v) is 5.76. The minimum Gasteiger partial charge on any atom is -0.483 e. The van der Waals surface area contributed by atoms with Crippen LogP contribution in [0.4, 0.5) is 5.69 Å². The van der Waals surface area contributed by atoms with E-state index in [0.717, 1.165) is 26.9 Å². The Hall–Kier alpha value is -3.64. The van der Waals surface area contributed by atoms with E-state index in [1.165, 1.54) is 0 Å². The summed E-state index contributed by atoms with van der Waals surface area (Å²) in [6, 6.07) is 22.8. The van der Waals surface area contributed by atoms with Gasteiger partial charge in [-0.25, -0.2) is 0 Å². The molecule has 0 atom stereocenters. The molecule has 1 aromatic heterocycles. The molecule has 0 aliphatic carbocycles. The van der Waals surface area contributed by atoms with E-state index in [2.05, 4.69) is 10.6 Å². The van der Waals surface area contributed by atoms with Gasteiger partial charge < -0.3 is 15.4 Å². The Kier molecular flexibility index (Phi) is 6.29. The van der Waals surface area contributed by atoms with Crippen molar-refractivity contribution in [2.45, 2.75) is 13.5 Å². The summed E-state index contributed by atoms with van der Waals surface area (Å²) in [5.41, 5.74) is 2.08. The normalized spacial score (nSPS) is 10.6. The molecule has 5 nitrogen and oxygen atoms in total. The highest BCUT2D eigenvalue weighted by Crippen LogP contribution is 2.27. The molecular formula is C25H22N2O3S. The number of nitrogens with one attached hydrogen (secondary N) is 2. The van der Waals surface area contributed by atoms with Crippen LogP contribution in [-0.2, 0) is 11.3 Å². The van der Waals surface area contributed by atoms with Crippen LogP contribution < -0.4 is 15.4 Å². The summed E-state index contributed by atoms with van der Waals surface area (Å²) < 4.78 is 5.80. The zero-order chi connectivity index (χ0) is 21.6. The average molecular weight is 431 g/mol. The highest BCUT2D eigenvalue weighted by molar-refractivity contribution is 7.09. The van der Waals surface area contributed by atoms with Crippen LogP contribution in [-0.4, -0.2) is 18.4 Å². The quantitative estimate of drug-likeness (QED) is 0.426. The minimum atomic E-state index is -0.283. The van der Waals surface area contributed by atoms with Crippen LogP contribution in [0.3, 0.4) is 0 Å². The van der Waals surface area contributed by atoms with Gasteiger partial charge in [0.05, 0.1) is 12.1 Å². The van der Waals surface area contributed by atoms with E-state index in [1.54, 1.807) is 23.5 Å². The summed E-state index contributed by atoms with van der Waals surface area (Å²) in [6.07, 6.45) is 0. The van der Waals surface area contributed by atoms with E-state index in [-0.39, 0.29) is 18.4 Å². The number of carbonyl (C=O) groups is 2. The molecule has 2 amide bonds. The minimum absolute atomic E-state index is 0.172. The third-order valence-electron chi connectivity index (χ3n) is 4.88. The van der Waals surface area contributed by atoms with Gasteiger partial charge in [-0.2, -0.15) is 0 Å². The number of ether oxygens (including phenoxy) is 1. The topological polar surface area (TPSA) is 67.4 Å². The molecule has 0 aliphatic rings. The standard InChI is InChI=1S/C25H22N2O3S/c1-17-7-2-5-11-22(17)27-25(29)21-13-18-8-3-4-9-19(18)14-23(21)30-16-24(28)26-15-20-10-6-12-31-20/h2-14H,15-16H2,1H3,(H,26,28)(H,27,29). The first-order chi connectivity index (χ1) is 15.1. The fourth-order valence-electron chi connectivity index (χ4n) is 3.21. The summed E-state index contributed by atoms with van der Waals surface area (Å²) in [4.78, 5) is 26.4. The van der Waals surface area contributed by atoms with Gasteiger partial charge in [-0.1, -0.05) is 48.5 Å². The van der Waals surface area contributed by atoms with Crippen molar-refractivity contribution in [3.05, 3.63) is 94.2 Å². The van der Waals surface area contributed by atoms with Gasteiger partial charge in [0.1, 0.15) is 5.75 Å². The molecular weight excluding hydrogens is 408 g/mol. The first kappa shape index (κ1) is 20.6. The molecule has 0 fully saturated rings. The largest absolute Gasteiger partial charge is 0.483 e. The predicted molar refractivity (Wildman–Crippen MR) is 125 cm³/mol. The first-order valence-corrected chi connectivity index (χ1v) is 10.8. The molecule has 1 heterocycles. The molecule has 0 saturated carbocycles. The lowest BCUT2D eigenvalue weighted by Crippen LogP contribution is -2.28. The number of hydrogen-bond acceptors (Lipinski definition) is 4. The zero-order valence-corrected chi connectivity index (χ0v) is 17.9. The predicted octanol–water partition coefficient (Wildman–Crippen LogP) is 5.16. The number of benzene rings is 3. The molecule has 4 aromatic rings. The summed E-state index contributed by atoms with van der Waals surface area (Å²) in [6.45, 7) is 2.22. The van der Waals surface area contributed by atoms with Crippen molar-refractivity contribution in [1.82, 2.24) is 5.32 Å². The molecule has 0 bridgehead atoms. The maximum absolute atomic E-state index is 13.1. The number of para-hydroxylation sites is 1. The van der Waals surface area contributed by atoms with Gasteiger partial charge in [-0.15, -0.1) is 11.3 Å². The lowest BCUT2D eigenvalue weighted by Gasteiger charge is -2.14. The summed E-state index contributed by atoms with van der Waals surface area (Å²) >= 11 is 1.58. The van der Waals surface area contributed by atoms with Gasteiger partial charge in [-0.05, 0) is 52.9 Å². The SMILES string of the molecule is Cc1ccccc1NC(=O)c1cc2ccccc2cc1OCC(=O)NCc1cccs1. The molecule has 0 saturated heterocycles. The van der Waals surface area contributed by atoms with E-state index >= 15 is 0 Å². The van der Waals surface area contributed by atoms with Crippen LogP contribution in [0.1, 0.15) is 20.8 Å². The van der Waals surface area contributed by atoms with E-state index in [4.69, 9.17) is 4.74 Å². The van der Waals surface area contributed by atoms with E-state index in [9.17, 15) is 9.59 Å². The number of rotatable bonds is 7. The summed E-state index contributed by atoms with van der Waals surface area (Å²) in [5, 5.41) is 9.60. The third kappa shape index (κ3) is 5.10. The molecule has 3 aromatic carbocycles. The summed E-state index contributed by atoms with van der Waals surface area (Å²) in [5.74, 6) is -0.156. The van der Waals surface area contributed by atoms with Crippen LogP contribution in [0.5, 0.6) is 5.75 Å². The van der Waals surface area contributed by atoms with E-state index in [0.29, 0.717) is 17.9 Å². The Labute approximate surface area is 184 Å². The van der Waals surface area contributed by atoms with Crippen LogP contribution in [0.2, 0.25) is 0 Å². The van der Waals surface area contributed by atoms with Crippen molar-refractivity contribution in [3.8, 4) is 5.75 Å². The molecule has 156 valence electrons. The Morgan fingerprint density at radius 1 is 0.935 bits per heavy atom. The van der Waals surface area contributed by atoms with Gasteiger partial charge >= 0.3 is 0 Å². The summed E-state index contributed by atoms with van der Waals surface area (Å²) in [7, 11) is 0. The lowest BCUT2D eigenvalue weighted by molar-refractivity contribution is -0.123. The number of carbonyl (C=O) groups excluding carboxylic acids is 2. The Balaban J connectivity index is 1.53. The van der Waals surface area contributed by atoms with Crippen LogP contribution in [0, 0.1) is 6.92 Å². The molecule has 31 heavy (non-hydrogen) atoms. The van der Waals surface area contributed by atoms with Crippen molar-refractivity contribution < 1.29 is 14.3 Å². The Morgan fingerprint density at radius 2 is 1.68 bits per heavy atom. The fraction of sp³-hybridized carbons (Fsp3) is 0.120. The average Bonchev–Trinajstić information content (AvgIpc) is 3.31. The van der Waals surface area contributed by atoms with Crippen LogP contribution in [0.15, 0.2) is 78.2 Å². The molecule has 6 heteroatoms. The smallest absolute Gasteiger partial charge is 0.259 e. The number of amides is 2. The lowest BCUT2D eigenvalue weighted by atomic mass is 10.0. The fourth-order valence-corrected chi connectivity index (χ4v) is 3.86. The second-order valence-corrected chi connectivity index (χ2v) is 8.14. The number of fused-ring (bicyclic) bond motifs is 1. The van der Waals surface area contributed by atoms with Crippen molar-refractivity contribution in [1.29, 1.82) is 0 Å². The number of aryl methyl sites for hydroxylation is 1. The zero-order valence-electron chi connectivity index (χ0n) is 17.1. The monoisotopic (exact) mass is 430 g/mol. The van der Waals surface area contributed by atoms with Crippen molar-refractivity contribution in [2.24, 2.45) is 0 Å². The van der Waals surface area contributed by atoms with Gasteiger partial charge in [0.15, 0.2) is 6.61 Å². The number of anilines is 1. The van der Waals surface area contributed by atoms with E-state index < -0.39 is 0 Å². The molecule has 0 spiro atoms. The molecule has 0 radical (unpaired) electrons. The molecule has 0 aliphatic heterocycles. The number of hydrogen-bond donors (Lipinski definition) is 2. The van der Waals surface area contributed by atoms with Gasteiger partial charge in [0.25, 0.3) is 11.8 Å². The first-order valence-electron chi connectivity index (χ1n) is 9.92.